The molecule has 1 heterocycles. The van der Waals surface area contributed by atoms with Crippen LogP contribution in [0.4, 0.5) is 0 Å². The lowest BCUT2D eigenvalue weighted by atomic mass is 9.92. The Labute approximate surface area is 85.3 Å². The molecule has 1 N–H and O–H groups in total. The summed E-state index contributed by atoms with van der Waals surface area (Å²) < 4.78 is 5.63. The van der Waals surface area contributed by atoms with Crippen molar-refractivity contribution < 1.29 is 4.74 Å². The number of hydrogen-bond acceptors (Lipinski definition) is 2. The molecule has 0 radical (unpaired) electrons. The second-order valence-corrected chi connectivity index (χ2v) is 3.93. The number of nitrogens with one attached hydrogen (secondary N) is 1. The van der Waals surface area contributed by atoms with Crippen LogP contribution in [-0.4, -0.2) is 20.2 Å². The summed E-state index contributed by atoms with van der Waals surface area (Å²) in [6, 6.07) is 6.45. The van der Waals surface area contributed by atoms with Crippen LogP contribution in [0.15, 0.2) is 18.2 Å². The van der Waals surface area contributed by atoms with E-state index in [1.165, 1.54) is 11.1 Å². The van der Waals surface area contributed by atoms with Crippen LogP contribution in [0.5, 0.6) is 5.75 Å². The minimum absolute atomic E-state index is 0.614. The maximum atomic E-state index is 5.63. The summed E-state index contributed by atoms with van der Waals surface area (Å²) in [6.07, 6.45) is 1.12. The van der Waals surface area contributed by atoms with Gasteiger partial charge in [-0.25, -0.2) is 0 Å². The van der Waals surface area contributed by atoms with Crippen LogP contribution in [-0.2, 0) is 0 Å². The van der Waals surface area contributed by atoms with Crippen LogP contribution < -0.4 is 10.1 Å². The highest BCUT2D eigenvalue weighted by Gasteiger charge is 2.20. The van der Waals surface area contributed by atoms with E-state index in [1.807, 2.05) is 7.05 Å². The highest BCUT2D eigenvalue weighted by atomic mass is 16.5. The molecular formula is C12H17NO. The number of likely N-dealkylation sites (N-methyl/N-ethyl adjacent to an activating group) is 1. The summed E-state index contributed by atoms with van der Waals surface area (Å²) in [5.74, 6) is 1.69. The van der Waals surface area contributed by atoms with Gasteiger partial charge in [-0.2, -0.15) is 0 Å². The molecule has 1 unspecified atom stereocenters. The highest BCUT2D eigenvalue weighted by molar-refractivity contribution is 5.40. The van der Waals surface area contributed by atoms with Crippen LogP contribution in [0, 0.1) is 6.92 Å². The summed E-state index contributed by atoms with van der Waals surface area (Å²) in [6.45, 7) is 4.02. The first kappa shape index (κ1) is 9.53. The van der Waals surface area contributed by atoms with Gasteiger partial charge in [-0.1, -0.05) is 17.7 Å². The number of aryl methyl sites for hydroxylation is 1. The monoisotopic (exact) mass is 191 g/mol. The fourth-order valence-corrected chi connectivity index (χ4v) is 2.04. The van der Waals surface area contributed by atoms with Gasteiger partial charge in [0.2, 0.25) is 0 Å². The molecular weight excluding hydrogens is 174 g/mol. The van der Waals surface area contributed by atoms with Crippen LogP contribution in [0.3, 0.4) is 0 Å². The maximum Gasteiger partial charge on any atom is 0.122 e. The third-order valence-electron chi connectivity index (χ3n) is 2.78. The quantitative estimate of drug-likeness (QED) is 0.772. The van der Waals surface area contributed by atoms with Crippen molar-refractivity contribution in [3.8, 4) is 5.75 Å². The van der Waals surface area contributed by atoms with Crippen LogP contribution >= 0.6 is 0 Å². The second-order valence-electron chi connectivity index (χ2n) is 3.93. The lowest BCUT2D eigenvalue weighted by Gasteiger charge is -2.26. The van der Waals surface area contributed by atoms with Gasteiger partial charge in [0.05, 0.1) is 6.61 Å². The predicted octanol–water partition coefficient (Wildman–Crippen LogP) is 2.08. The molecule has 0 aromatic heterocycles. The van der Waals surface area contributed by atoms with Gasteiger partial charge in [0, 0.05) is 12.5 Å². The molecule has 2 rings (SSSR count). The zero-order chi connectivity index (χ0) is 9.97. The number of hydrogen-bond donors (Lipinski definition) is 1. The van der Waals surface area contributed by atoms with Gasteiger partial charge in [-0.05, 0) is 32.0 Å². The minimum Gasteiger partial charge on any atom is -0.493 e. The first-order valence-electron chi connectivity index (χ1n) is 5.19. The van der Waals surface area contributed by atoms with E-state index < -0.39 is 0 Å². The lowest BCUT2D eigenvalue weighted by molar-refractivity contribution is 0.266. The van der Waals surface area contributed by atoms with E-state index >= 15 is 0 Å². The Kier molecular flexibility index (Phi) is 2.73. The van der Waals surface area contributed by atoms with Gasteiger partial charge in [-0.3, -0.25) is 0 Å². The average Bonchev–Trinajstić information content (AvgIpc) is 2.19. The number of benzene rings is 1. The average molecular weight is 191 g/mol. The first-order chi connectivity index (χ1) is 6.81. The number of rotatable bonds is 2. The molecule has 14 heavy (non-hydrogen) atoms. The third kappa shape index (κ3) is 1.75. The minimum atomic E-state index is 0.614. The number of ether oxygens (including phenoxy) is 1. The molecule has 0 spiro atoms. The van der Waals surface area contributed by atoms with E-state index in [0.29, 0.717) is 5.92 Å². The smallest absolute Gasteiger partial charge is 0.122 e. The van der Waals surface area contributed by atoms with Crippen LogP contribution in [0.2, 0.25) is 0 Å². The number of fused-ring (bicyclic) bond motifs is 1. The maximum absolute atomic E-state index is 5.63. The molecule has 1 aromatic carbocycles. The third-order valence-corrected chi connectivity index (χ3v) is 2.78. The molecule has 1 atom stereocenters. The van der Waals surface area contributed by atoms with Crippen molar-refractivity contribution >= 4 is 0 Å². The Morgan fingerprint density at radius 3 is 3.14 bits per heavy atom. The second kappa shape index (κ2) is 4.01. The molecule has 0 aliphatic carbocycles. The molecule has 0 saturated heterocycles. The normalized spacial score (nSPS) is 20.0. The summed E-state index contributed by atoms with van der Waals surface area (Å²) in [5, 5.41) is 3.24. The van der Waals surface area contributed by atoms with Gasteiger partial charge in [0.25, 0.3) is 0 Å². The molecule has 1 aliphatic heterocycles. The lowest BCUT2D eigenvalue weighted by Crippen LogP contribution is -2.23. The Hall–Kier alpha value is -1.02. The van der Waals surface area contributed by atoms with E-state index in [2.05, 4.69) is 30.4 Å². The van der Waals surface area contributed by atoms with E-state index in [9.17, 15) is 0 Å². The van der Waals surface area contributed by atoms with E-state index in [4.69, 9.17) is 4.74 Å². The van der Waals surface area contributed by atoms with Crippen molar-refractivity contribution in [1.29, 1.82) is 0 Å². The fourth-order valence-electron chi connectivity index (χ4n) is 2.04. The van der Waals surface area contributed by atoms with Gasteiger partial charge in [-0.15, -0.1) is 0 Å². The summed E-state index contributed by atoms with van der Waals surface area (Å²) in [4.78, 5) is 0. The molecule has 1 aliphatic rings. The van der Waals surface area contributed by atoms with E-state index in [0.717, 1.165) is 25.3 Å². The molecule has 76 valence electrons. The topological polar surface area (TPSA) is 21.3 Å². The molecule has 2 nitrogen and oxygen atoms in total. The standard InChI is InChI=1S/C12H17NO/c1-9-3-4-12-11(7-9)10(8-13-2)5-6-14-12/h3-4,7,10,13H,5-6,8H2,1-2H3. The van der Waals surface area contributed by atoms with Crippen molar-refractivity contribution in [2.24, 2.45) is 0 Å². The van der Waals surface area contributed by atoms with Gasteiger partial charge in [0.1, 0.15) is 5.75 Å². The first-order valence-corrected chi connectivity index (χ1v) is 5.19. The van der Waals surface area contributed by atoms with Gasteiger partial charge >= 0.3 is 0 Å². The zero-order valence-electron chi connectivity index (χ0n) is 8.84. The molecule has 0 amide bonds. The van der Waals surface area contributed by atoms with Crippen LogP contribution in [0.25, 0.3) is 0 Å². The molecule has 0 bridgehead atoms. The fraction of sp³-hybridized carbons (Fsp3) is 0.500. The highest BCUT2D eigenvalue weighted by Crippen LogP contribution is 2.33. The Morgan fingerprint density at radius 1 is 1.50 bits per heavy atom. The molecule has 2 heteroatoms. The van der Waals surface area contributed by atoms with Crippen LogP contribution in [0.1, 0.15) is 23.5 Å². The van der Waals surface area contributed by atoms with Crippen molar-refractivity contribution in [1.82, 2.24) is 5.32 Å². The SMILES string of the molecule is CNCC1CCOc2ccc(C)cc21. The molecule has 0 saturated carbocycles. The van der Waals surface area contributed by atoms with Gasteiger partial charge < -0.3 is 10.1 Å². The van der Waals surface area contributed by atoms with Crippen molar-refractivity contribution in [2.75, 3.05) is 20.2 Å². The van der Waals surface area contributed by atoms with Crippen molar-refractivity contribution in [3.05, 3.63) is 29.3 Å². The molecule has 1 aromatic rings. The van der Waals surface area contributed by atoms with E-state index in [1.54, 1.807) is 0 Å². The summed E-state index contributed by atoms with van der Waals surface area (Å²) in [7, 11) is 2.00. The largest absolute Gasteiger partial charge is 0.493 e. The van der Waals surface area contributed by atoms with Crippen molar-refractivity contribution in [2.45, 2.75) is 19.3 Å². The Bertz CT molecular complexity index is 322. The summed E-state index contributed by atoms with van der Waals surface area (Å²) >= 11 is 0. The zero-order valence-corrected chi connectivity index (χ0v) is 8.84. The Morgan fingerprint density at radius 2 is 2.36 bits per heavy atom. The van der Waals surface area contributed by atoms with E-state index in [-0.39, 0.29) is 0 Å². The van der Waals surface area contributed by atoms with Crippen molar-refractivity contribution in [3.63, 3.8) is 0 Å². The van der Waals surface area contributed by atoms with Gasteiger partial charge in [0.15, 0.2) is 0 Å². The summed E-state index contributed by atoms with van der Waals surface area (Å²) in [5.41, 5.74) is 2.68. The Balaban J connectivity index is 2.32. The predicted molar refractivity (Wildman–Crippen MR) is 58.0 cm³/mol. The molecule has 0 fully saturated rings.